The van der Waals surface area contributed by atoms with E-state index >= 15 is 0 Å². The second-order valence-corrected chi connectivity index (χ2v) is 4.02. The smallest absolute Gasteiger partial charge is 0.302 e. The Kier molecular flexibility index (Phi) is 6.74. The second kappa shape index (κ2) is 8.37. The zero-order valence-corrected chi connectivity index (χ0v) is 11.7. The van der Waals surface area contributed by atoms with Crippen LogP contribution in [0.5, 0.6) is 11.5 Å². The largest absolute Gasteiger partial charge is 0.497 e. The van der Waals surface area contributed by atoms with Crippen molar-refractivity contribution in [3.8, 4) is 11.5 Å². The number of carbonyl (C=O) groups excluding carboxylic acids is 1. The number of carbonyl (C=O) groups is 1. The SMILES string of the molecule is COc1ccc(CCNCCOC(C)=O)c(OC)c1. The van der Waals surface area contributed by atoms with Crippen LogP contribution in [-0.4, -0.2) is 39.9 Å². The summed E-state index contributed by atoms with van der Waals surface area (Å²) in [5.41, 5.74) is 1.11. The molecule has 1 N–H and O–H groups in total. The summed E-state index contributed by atoms with van der Waals surface area (Å²) in [4.78, 5) is 10.6. The highest BCUT2D eigenvalue weighted by atomic mass is 16.5. The van der Waals surface area contributed by atoms with Crippen LogP contribution in [0.25, 0.3) is 0 Å². The molecule has 1 aromatic carbocycles. The van der Waals surface area contributed by atoms with Gasteiger partial charge in [0.1, 0.15) is 18.1 Å². The lowest BCUT2D eigenvalue weighted by atomic mass is 10.1. The van der Waals surface area contributed by atoms with E-state index in [-0.39, 0.29) is 5.97 Å². The number of nitrogens with one attached hydrogen (secondary N) is 1. The summed E-state index contributed by atoms with van der Waals surface area (Å²) in [5.74, 6) is 1.35. The molecule has 106 valence electrons. The minimum atomic E-state index is -0.251. The summed E-state index contributed by atoms with van der Waals surface area (Å²) in [6, 6.07) is 5.77. The topological polar surface area (TPSA) is 56.8 Å². The number of benzene rings is 1. The van der Waals surface area contributed by atoms with Gasteiger partial charge in [-0.05, 0) is 24.6 Å². The summed E-state index contributed by atoms with van der Waals surface area (Å²) >= 11 is 0. The van der Waals surface area contributed by atoms with Crippen molar-refractivity contribution in [3.05, 3.63) is 23.8 Å². The van der Waals surface area contributed by atoms with Crippen molar-refractivity contribution >= 4 is 5.97 Å². The van der Waals surface area contributed by atoms with Crippen LogP contribution in [-0.2, 0) is 16.0 Å². The summed E-state index contributed by atoms with van der Waals surface area (Å²) in [7, 11) is 3.28. The van der Waals surface area contributed by atoms with Crippen LogP contribution in [0.3, 0.4) is 0 Å². The van der Waals surface area contributed by atoms with Gasteiger partial charge in [0, 0.05) is 19.5 Å². The predicted molar refractivity (Wildman–Crippen MR) is 72.8 cm³/mol. The zero-order chi connectivity index (χ0) is 14.1. The lowest BCUT2D eigenvalue weighted by Crippen LogP contribution is -2.23. The normalized spacial score (nSPS) is 10.1. The van der Waals surface area contributed by atoms with E-state index in [2.05, 4.69) is 5.32 Å². The minimum absolute atomic E-state index is 0.251. The van der Waals surface area contributed by atoms with E-state index < -0.39 is 0 Å². The maximum Gasteiger partial charge on any atom is 0.302 e. The number of hydrogen-bond acceptors (Lipinski definition) is 5. The van der Waals surface area contributed by atoms with Crippen LogP contribution in [0.15, 0.2) is 18.2 Å². The molecule has 0 spiro atoms. The van der Waals surface area contributed by atoms with Gasteiger partial charge in [0.2, 0.25) is 0 Å². The summed E-state index contributed by atoms with van der Waals surface area (Å²) in [5, 5.41) is 3.21. The second-order valence-electron chi connectivity index (χ2n) is 4.02. The summed E-state index contributed by atoms with van der Waals surface area (Å²) in [6.07, 6.45) is 0.841. The van der Waals surface area contributed by atoms with E-state index in [1.54, 1.807) is 14.2 Å². The highest BCUT2D eigenvalue weighted by molar-refractivity contribution is 5.65. The van der Waals surface area contributed by atoms with Gasteiger partial charge in [-0.25, -0.2) is 0 Å². The van der Waals surface area contributed by atoms with Crippen molar-refractivity contribution in [2.45, 2.75) is 13.3 Å². The van der Waals surface area contributed by atoms with Gasteiger partial charge in [-0.3, -0.25) is 4.79 Å². The molecule has 1 rings (SSSR count). The van der Waals surface area contributed by atoms with Gasteiger partial charge in [-0.2, -0.15) is 0 Å². The molecule has 19 heavy (non-hydrogen) atoms. The monoisotopic (exact) mass is 267 g/mol. The summed E-state index contributed by atoms with van der Waals surface area (Å²) < 4.78 is 15.3. The molecule has 0 fully saturated rings. The highest BCUT2D eigenvalue weighted by Gasteiger charge is 2.04. The standard InChI is InChI=1S/C14H21NO4/c1-11(16)19-9-8-15-7-6-12-4-5-13(17-2)10-14(12)18-3/h4-5,10,15H,6-9H2,1-3H3. The Balaban J connectivity index is 2.34. The maximum absolute atomic E-state index is 10.6. The highest BCUT2D eigenvalue weighted by Crippen LogP contribution is 2.24. The van der Waals surface area contributed by atoms with E-state index in [1.807, 2.05) is 18.2 Å². The van der Waals surface area contributed by atoms with E-state index in [0.29, 0.717) is 13.2 Å². The Labute approximate surface area is 113 Å². The number of ether oxygens (including phenoxy) is 3. The molecule has 0 aliphatic carbocycles. The average molecular weight is 267 g/mol. The van der Waals surface area contributed by atoms with Gasteiger partial charge in [0.15, 0.2) is 0 Å². The lowest BCUT2D eigenvalue weighted by molar-refractivity contribution is -0.140. The number of methoxy groups -OCH3 is 2. The molecule has 1 aromatic rings. The van der Waals surface area contributed by atoms with Gasteiger partial charge in [0.25, 0.3) is 0 Å². The van der Waals surface area contributed by atoms with Crippen molar-refractivity contribution in [1.82, 2.24) is 5.32 Å². The van der Waals surface area contributed by atoms with Gasteiger partial charge in [-0.1, -0.05) is 6.07 Å². The van der Waals surface area contributed by atoms with E-state index in [1.165, 1.54) is 6.92 Å². The molecule has 0 atom stereocenters. The van der Waals surface area contributed by atoms with Gasteiger partial charge < -0.3 is 19.5 Å². The third-order valence-electron chi connectivity index (χ3n) is 2.65. The van der Waals surface area contributed by atoms with Gasteiger partial charge in [0.05, 0.1) is 14.2 Å². The molecule has 5 heteroatoms. The van der Waals surface area contributed by atoms with Crippen LogP contribution in [0.4, 0.5) is 0 Å². The van der Waals surface area contributed by atoms with E-state index in [9.17, 15) is 4.79 Å². The van der Waals surface area contributed by atoms with Crippen molar-refractivity contribution in [2.24, 2.45) is 0 Å². The first-order valence-electron chi connectivity index (χ1n) is 6.22. The molecule has 5 nitrogen and oxygen atoms in total. The quantitative estimate of drug-likeness (QED) is 0.570. The number of hydrogen-bond donors (Lipinski definition) is 1. The molecular formula is C14H21NO4. The first-order valence-corrected chi connectivity index (χ1v) is 6.22. The van der Waals surface area contributed by atoms with Crippen LogP contribution >= 0.6 is 0 Å². The van der Waals surface area contributed by atoms with Crippen LogP contribution in [0, 0.1) is 0 Å². The molecule has 0 aliphatic rings. The molecule has 0 aliphatic heterocycles. The van der Waals surface area contributed by atoms with Crippen molar-refractivity contribution in [1.29, 1.82) is 0 Å². The Morgan fingerprint density at radius 3 is 2.63 bits per heavy atom. The first kappa shape index (κ1) is 15.3. The van der Waals surface area contributed by atoms with E-state index in [4.69, 9.17) is 14.2 Å². The Morgan fingerprint density at radius 2 is 2.00 bits per heavy atom. The van der Waals surface area contributed by atoms with Crippen LogP contribution in [0.2, 0.25) is 0 Å². The Morgan fingerprint density at radius 1 is 1.21 bits per heavy atom. The molecule has 0 bridgehead atoms. The van der Waals surface area contributed by atoms with E-state index in [0.717, 1.165) is 30.0 Å². The molecule has 0 heterocycles. The van der Waals surface area contributed by atoms with Crippen molar-refractivity contribution in [2.75, 3.05) is 33.9 Å². The fraction of sp³-hybridized carbons (Fsp3) is 0.500. The van der Waals surface area contributed by atoms with Gasteiger partial charge >= 0.3 is 5.97 Å². The van der Waals surface area contributed by atoms with Crippen LogP contribution < -0.4 is 14.8 Å². The zero-order valence-electron chi connectivity index (χ0n) is 11.7. The molecule has 0 saturated heterocycles. The average Bonchev–Trinajstić information content (AvgIpc) is 2.42. The lowest BCUT2D eigenvalue weighted by Gasteiger charge is -2.11. The molecule has 0 aromatic heterocycles. The number of esters is 1. The third kappa shape index (κ3) is 5.61. The predicted octanol–water partition coefficient (Wildman–Crippen LogP) is 1.40. The Hall–Kier alpha value is -1.75. The third-order valence-corrected chi connectivity index (χ3v) is 2.65. The van der Waals surface area contributed by atoms with Gasteiger partial charge in [-0.15, -0.1) is 0 Å². The van der Waals surface area contributed by atoms with Crippen molar-refractivity contribution in [3.63, 3.8) is 0 Å². The number of rotatable bonds is 8. The summed E-state index contributed by atoms with van der Waals surface area (Å²) in [6.45, 7) is 3.25. The molecule has 0 saturated carbocycles. The Bertz CT molecular complexity index is 406. The molecule has 0 amide bonds. The van der Waals surface area contributed by atoms with Crippen molar-refractivity contribution < 1.29 is 19.0 Å². The molecule has 0 unspecified atom stereocenters. The maximum atomic E-state index is 10.6. The molecular weight excluding hydrogens is 246 g/mol. The first-order chi connectivity index (χ1) is 9.17. The minimum Gasteiger partial charge on any atom is -0.497 e. The van der Waals surface area contributed by atoms with Crippen LogP contribution in [0.1, 0.15) is 12.5 Å². The molecule has 0 radical (unpaired) electrons. The fourth-order valence-corrected chi connectivity index (χ4v) is 1.67. The fourth-order valence-electron chi connectivity index (χ4n) is 1.67.